The van der Waals surface area contributed by atoms with Gasteiger partial charge in [-0.15, -0.1) is 0 Å². The van der Waals surface area contributed by atoms with Crippen molar-refractivity contribution < 1.29 is 4.79 Å². The molecule has 0 amide bonds. The summed E-state index contributed by atoms with van der Waals surface area (Å²) in [5.41, 5.74) is 4.07. The van der Waals surface area contributed by atoms with E-state index >= 15 is 0 Å². The Morgan fingerprint density at radius 2 is 2.20 bits per heavy atom. The Morgan fingerprint density at radius 1 is 1.35 bits per heavy atom. The van der Waals surface area contributed by atoms with Crippen LogP contribution < -0.4 is 0 Å². The number of aromatic nitrogens is 1. The first-order chi connectivity index (χ1) is 9.65. The molecule has 1 atom stereocenters. The molecule has 3 rings (SSSR count). The highest BCUT2D eigenvalue weighted by atomic mass is 79.9. The highest BCUT2D eigenvalue weighted by Gasteiger charge is 2.28. The first-order valence-electron chi connectivity index (χ1n) is 6.90. The van der Waals surface area contributed by atoms with Crippen LogP contribution in [0.3, 0.4) is 0 Å². The number of ketones is 1. The fourth-order valence-corrected chi connectivity index (χ4v) is 3.55. The van der Waals surface area contributed by atoms with Gasteiger partial charge in [0.2, 0.25) is 0 Å². The van der Waals surface area contributed by atoms with Crippen LogP contribution >= 0.6 is 15.9 Å². The van der Waals surface area contributed by atoms with Gasteiger partial charge in [-0.3, -0.25) is 9.78 Å². The number of carbonyl (C=O) groups is 1. The summed E-state index contributed by atoms with van der Waals surface area (Å²) in [7, 11) is 0. The van der Waals surface area contributed by atoms with Crippen LogP contribution in [-0.4, -0.2) is 10.8 Å². The summed E-state index contributed by atoms with van der Waals surface area (Å²) in [6, 6.07) is 9.93. The molecule has 1 aliphatic carbocycles. The molecule has 0 spiro atoms. The number of hydrogen-bond donors (Lipinski definition) is 0. The summed E-state index contributed by atoms with van der Waals surface area (Å²) in [6.07, 6.45) is 4.78. The number of rotatable bonds is 2. The molecular formula is C17H16BrNO. The third-order valence-corrected chi connectivity index (χ3v) is 4.30. The highest BCUT2D eigenvalue weighted by molar-refractivity contribution is 9.10. The number of benzene rings is 1. The smallest absolute Gasteiger partial charge is 0.171 e. The maximum atomic E-state index is 12.8. The van der Waals surface area contributed by atoms with Gasteiger partial charge >= 0.3 is 0 Å². The molecule has 0 fully saturated rings. The van der Waals surface area contributed by atoms with Crippen LogP contribution in [0.25, 0.3) is 0 Å². The van der Waals surface area contributed by atoms with Crippen molar-refractivity contribution in [2.24, 2.45) is 0 Å². The first kappa shape index (κ1) is 13.5. The second-order valence-corrected chi connectivity index (χ2v) is 6.29. The summed E-state index contributed by atoms with van der Waals surface area (Å²) in [6.45, 7) is 2.01. The minimum atomic E-state index is -0.0892. The molecule has 1 heterocycles. The molecule has 1 aromatic heterocycles. The Morgan fingerprint density at radius 3 is 3.00 bits per heavy atom. The maximum absolute atomic E-state index is 12.8. The van der Waals surface area contributed by atoms with Gasteiger partial charge in [0.05, 0.1) is 11.6 Å². The van der Waals surface area contributed by atoms with Crippen molar-refractivity contribution >= 4 is 21.7 Å². The Hall–Kier alpha value is -1.48. The van der Waals surface area contributed by atoms with E-state index in [1.54, 1.807) is 6.20 Å². The molecule has 0 radical (unpaired) electrons. The Labute approximate surface area is 127 Å². The molecule has 3 heteroatoms. The van der Waals surface area contributed by atoms with E-state index in [0.717, 1.165) is 40.6 Å². The standard InChI is InChI=1S/C17H16BrNO/c1-11-8-13(10-14(18)9-11)17(20)15-6-2-4-12-5-3-7-19-16(12)15/h3,5,7-10,15H,2,4,6H2,1H3. The molecule has 0 saturated heterocycles. The lowest BCUT2D eigenvalue weighted by Crippen LogP contribution is -2.20. The number of Topliss-reactive ketones (excluding diaryl/α,β-unsaturated/α-hetero) is 1. The molecule has 1 aromatic carbocycles. The molecule has 2 aromatic rings. The number of carbonyl (C=O) groups excluding carboxylic acids is 1. The SMILES string of the molecule is Cc1cc(Br)cc(C(=O)C2CCCc3cccnc32)c1. The van der Waals surface area contributed by atoms with Crippen molar-refractivity contribution in [3.05, 3.63) is 63.4 Å². The number of hydrogen-bond acceptors (Lipinski definition) is 2. The van der Waals surface area contributed by atoms with E-state index in [0.29, 0.717) is 0 Å². The minimum absolute atomic E-state index is 0.0892. The lowest BCUT2D eigenvalue weighted by Gasteiger charge is -2.23. The summed E-state index contributed by atoms with van der Waals surface area (Å²) in [5, 5.41) is 0. The number of fused-ring (bicyclic) bond motifs is 1. The molecule has 1 unspecified atom stereocenters. The molecular weight excluding hydrogens is 314 g/mol. The molecule has 20 heavy (non-hydrogen) atoms. The van der Waals surface area contributed by atoms with Gasteiger partial charge in [0, 0.05) is 16.2 Å². The molecule has 0 bridgehead atoms. The fourth-order valence-electron chi connectivity index (χ4n) is 2.94. The van der Waals surface area contributed by atoms with Crippen LogP contribution in [0.5, 0.6) is 0 Å². The van der Waals surface area contributed by atoms with Crippen molar-refractivity contribution in [2.75, 3.05) is 0 Å². The van der Waals surface area contributed by atoms with E-state index in [2.05, 4.69) is 27.0 Å². The number of aryl methyl sites for hydroxylation is 2. The van der Waals surface area contributed by atoms with Gasteiger partial charge < -0.3 is 0 Å². The lowest BCUT2D eigenvalue weighted by atomic mass is 9.82. The predicted octanol–water partition coefficient (Wildman–Crippen LogP) is 4.46. The lowest BCUT2D eigenvalue weighted by molar-refractivity contribution is 0.0949. The zero-order valence-electron chi connectivity index (χ0n) is 11.4. The van der Waals surface area contributed by atoms with Crippen molar-refractivity contribution in [3.8, 4) is 0 Å². The molecule has 0 N–H and O–H groups in total. The number of halogens is 1. The second-order valence-electron chi connectivity index (χ2n) is 5.37. The van der Waals surface area contributed by atoms with Gasteiger partial charge in [-0.25, -0.2) is 0 Å². The quantitative estimate of drug-likeness (QED) is 0.761. The largest absolute Gasteiger partial charge is 0.293 e. The zero-order chi connectivity index (χ0) is 14.1. The number of nitrogens with zero attached hydrogens (tertiary/aromatic N) is 1. The summed E-state index contributed by atoms with van der Waals surface area (Å²) in [4.78, 5) is 17.3. The summed E-state index contributed by atoms with van der Waals surface area (Å²) in [5.74, 6) is 0.0997. The summed E-state index contributed by atoms with van der Waals surface area (Å²) < 4.78 is 0.956. The Balaban J connectivity index is 1.99. The topological polar surface area (TPSA) is 30.0 Å². The van der Waals surface area contributed by atoms with E-state index < -0.39 is 0 Å². The van der Waals surface area contributed by atoms with Crippen molar-refractivity contribution in [1.82, 2.24) is 4.98 Å². The number of pyridine rings is 1. The monoisotopic (exact) mass is 329 g/mol. The van der Waals surface area contributed by atoms with Crippen LogP contribution in [0.15, 0.2) is 41.0 Å². The fraction of sp³-hybridized carbons (Fsp3) is 0.294. The van der Waals surface area contributed by atoms with Gasteiger partial charge in [-0.2, -0.15) is 0 Å². The van der Waals surface area contributed by atoms with Crippen molar-refractivity contribution in [1.29, 1.82) is 0 Å². The predicted molar refractivity (Wildman–Crippen MR) is 83.1 cm³/mol. The highest BCUT2D eigenvalue weighted by Crippen LogP contribution is 2.33. The van der Waals surface area contributed by atoms with Crippen LogP contribution in [0.4, 0.5) is 0 Å². The third kappa shape index (κ3) is 2.55. The summed E-state index contributed by atoms with van der Waals surface area (Å²) >= 11 is 3.47. The van der Waals surface area contributed by atoms with E-state index in [-0.39, 0.29) is 11.7 Å². The normalized spacial score (nSPS) is 17.6. The van der Waals surface area contributed by atoms with Crippen LogP contribution in [0.2, 0.25) is 0 Å². The average Bonchev–Trinajstić information content (AvgIpc) is 2.45. The first-order valence-corrected chi connectivity index (χ1v) is 7.69. The molecule has 102 valence electrons. The van der Waals surface area contributed by atoms with E-state index in [1.165, 1.54) is 5.56 Å². The van der Waals surface area contributed by atoms with Gasteiger partial charge in [0.25, 0.3) is 0 Å². The maximum Gasteiger partial charge on any atom is 0.171 e. The average molecular weight is 330 g/mol. The minimum Gasteiger partial charge on any atom is -0.293 e. The van der Waals surface area contributed by atoms with E-state index in [9.17, 15) is 4.79 Å². The van der Waals surface area contributed by atoms with E-state index in [1.807, 2.05) is 31.2 Å². The van der Waals surface area contributed by atoms with Gasteiger partial charge in [-0.05, 0) is 61.6 Å². The van der Waals surface area contributed by atoms with Gasteiger partial charge in [-0.1, -0.05) is 22.0 Å². The molecule has 0 saturated carbocycles. The van der Waals surface area contributed by atoms with E-state index in [4.69, 9.17) is 0 Å². The third-order valence-electron chi connectivity index (χ3n) is 3.84. The van der Waals surface area contributed by atoms with Gasteiger partial charge in [0.1, 0.15) is 0 Å². The van der Waals surface area contributed by atoms with Gasteiger partial charge in [0.15, 0.2) is 5.78 Å². The molecule has 1 aliphatic rings. The van der Waals surface area contributed by atoms with Crippen LogP contribution in [0.1, 0.15) is 45.9 Å². The van der Waals surface area contributed by atoms with Crippen LogP contribution in [-0.2, 0) is 6.42 Å². The molecule has 0 aliphatic heterocycles. The second kappa shape index (κ2) is 5.49. The van der Waals surface area contributed by atoms with Crippen molar-refractivity contribution in [3.63, 3.8) is 0 Å². The Kier molecular flexibility index (Phi) is 3.70. The molecule has 2 nitrogen and oxygen atoms in total. The Bertz CT molecular complexity index is 646. The zero-order valence-corrected chi connectivity index (χ0v) is 13.0. The van der Waals surface area contributed by atoms with Crippen molar-refractivity contribution in [2.45, 2.75) is 32.1 Å². The van der Waals surface area contributed by atoms with Crippen LogP contribution in [0, 0.1) is 6.92 Å².